The van der Waals surface area contributed by atoms with Crippen molar-refractivity contribution in [3.8, 4) is 16.3 Å². The molecule has 0 aliphatic rings. The van der Waals surface area contributed by atoms with Crippen LogP contribution in [0.3, 0.4) is 0 Å². The first kappa shape index (κ1) is 21.6. The van der Waals surface area contributed by atoms with Gasteiger partial charge in [-0.25, -0.2) is 4.98 Å². The average molecular weight is 451 g/mol. The minimum Gasteiger partial charge on any atom is -0.483 e. The highest BCUT2D eigenvalue weighted by Gasteiger charge is 2.19. The predicted octanol–water partition coefficient (Wildman–Crippen LogP) is 6.47. The fourth-order valence-corrected chi connectivity index (χ4v) is 5.20. The van der Waals surface area contributed by atoms with Crippen molar-refractivity contribution in [2.24, 2.45) is 0 Å². The normalized spacial score (nSPS) is 12.1. The van der Waals surface area contributed by atoms with Gasteiger partial charge in [0.05, 0.1) is 5.69 Å². The van der Waals surface area contributed by atoms with Gasteiger partial charge in [0.1, 0.15) is 10.8 Å². The second kappa shape index (κ2) is 9.66. The van der Waals surface area contributed by atoms with E-state index < -0.39 is 0 Å². The Morgan fingerprint density at radius 3 is 2.58 bits per heavy atom. The molecule has 1 atom stereocenters. The van der Waals surface area contributed by atoms with E-state index >= 15 is 0 Å². The molecule has 2 aromatic heterocycles. The number of rotatable bonds is 8. The van der Waals surface area contributed by atoms with Gasteiger partial charge in [0, 0.05) is 23.2 Å². The number of ether oxygens (including phenoxy) is 1. The van der Waals surface area contributed by atoms with E-state index in [1.165, 1.54) is 16.7 Å². The number of hydrogen-bond donors (Lipinski definition) is 0. The van der Waals surface area contributed by atoms with E-state index in [0.29, 0.717) is 0 Å². The minimum absolute atomic E-state index is 0.184. The maximum absolute atomic E-state index is 6.12. The summed E-state index contributed by atoms with van der Waals surface area (Å²) in [6.07, 6.45) is -0.184. The third kappa shape index (κ3) is 5.17. The van der Waals surface area contributed by atoms with Gasteiger partial charge in [-0.2, -0.15) is 0 Å². The van der Waals surface area contributed by atoms with Crippen molar-refractivity contribution in [1.29, 1.82) is 0 Å². The first-order chi connectivity index (χ1) is 15.0. The van der Waals surface area contributed by atoms with Crippen LogP contribution in [0, 0.1) is 13.8 Å². The molecule has 0 amide bonds. The molecule has 0 saturated heterocycles. The lowest BCUT2D eigenvalue weighted by Crippen LogP contribution is -2.12. The van der Waals surface area contributed by atoms with E-state index in [-0.39, 0.29) is 6.10 Å². The Morgan fingerprint density at radius 1 is 1.06 bits per heavy atom. The molecule has 0 aliphatic carbocycles. The molecule has 2 heterocycles. The Kier molecular flexibility index (Phi) is 6.73. The molecule has 2 aromatic carbocycles. The number of benzene rings is 2. The highest BCUT2D eigenvalue weighted by Crippen LogP contribution is 2.29. The van der Waals surface area contributed by atoms with E-state index in [1.807, 2.05) is 25.1 Å². The number of aryl methyl sites for hydroxylation is 2. The molecular weight excluding hydrogens is 424 g/mol. The van der Waals surface area contributed by atoms with Crippen LogP contribution in [0.5, 0.6) is 5.75 Å². The summed E-state index contributed by atoms with van der Waals surface area (Å²) in [6.45, 7) is 9.07. The van der Waals surface area contributed by atoms with Crippen LogP contribution in [0.1, 0.15) is 42.6 Å². The third-order valence-corrected chi connectivity index (χ3v) is 6.83. The van der Waals surface area contributed by atoms with Gasteiger partial charge in [-0.15, -0.1) is 21.5 Å². The predicted molar refractivity (Wildman–Crippen MR) is 128 cm³/mol. The summed E-state index contributed by atoms with van der Waals surface area (Å²) in [7, 11) is 0. The van der Waals surface area contributed by atoms with Gasteiger partial charge in [-0.05, 0) is 51.5 Å². The SMILES string of the molecule is CCn1c(SCc2csc(-c3cccc(C)c3)n2)nnc1C(C)Oc1cccc(C)c1. The molecule has 0 radical (unpaired) electrons. The Morgan fingerprint density at radius 2 is 1.84 bits per heavy atom. The summed E-state index contributed by atoms with van der Waals surface area (Å²) in [5.74, 6) is 2.44. The minimum atomic E-state index is -0.184. The van der Waals surface area contributed by atoms with Crippen molar-refractivity contribution in [2.75, 3.05) is 0 Å². The number of aromatic nitrogens is 4. The van der Waals surface area contributed by atoms with Crippen molar-refractivity contribution in [3.05, 3.63) is 76.6 Å². The molecule has 0 saturated carbocycles. The van der Waals surface area contributed by atoms with Crippen LogP contribution < -0.4 is 4.74 Å². The topological polar surface area (TPSA) is 52.8 Å². The summed E-state index contributed by atoms with van der Waals surface area (Å²) >= 11 is 3.34. The van der Waals surface area contributed by atoms with Crippen molar-refractivity contribution in [3.63, 3.8) is 0 Å². The Hall–Kier alpha value is -2.64. The molecule has 160 valence electrons. The van der Waals surface area contributed by atoms with Crippen LogP contribution >= 0.6 is 23.1 Å². The van der Waals surface area contributed by atoms with Crippen molar-refractivity contribution in [2.45, 2.75) is 51.3 Å². The summed E-state index contributed by atoms with van der Waals surface area (Å²) in [5.41, 5.74) is 4.64. The zero-order chi connectivity index (χ0) is 21.8. The maximum atomic E-state index is 6.12. The zero-order valence-corrected chi connectivity index (χ0v) is 19.8. The highest BCUT2D eigenvalue weighted by molar-refractivity contribution is 7.98. The summed E-state index contributed by atoms with van der Waals surface area (Å²) in [6, 6.07) is 16.5. The number of hydrogen-bond acceptors (Lipinski definition) is 6. The number of thiazole rings is 1. The van der Waals surface area contributed by atoms with Crippen LogP contribution in [0.2, 0.25) is 0 Å². The second-order valence-corrected chi connectivity index (χ2v) is 9.26. The molecular formula is C24H26N4OS2. The van der Waals surface area contributed by atoms with Crippen molar-refractivity contribution in [1.82, 2.24) is 19.7 Å². The maximum Gasteiger partial charge on any atom is 0.191 e. The van der Waals surface area contributed by atoms with Gasteiger partial charge in [0.15, 0.2) is 17.1 Å². The fraction of sp³-hybridized carbons (Fsp3) is 0.292. The monoisotopic (exact) mass is 450 g/mol. The van der Waals surface area contributed by atoms with Crippen LogP contribution in [0.4, 0.5) is 0 Å². The number of nitrogens with zero attached hydrogens (tertiary/aromatic N) is 4. The first-order valence-electron chi connectivity index (χ1n) is 10.3. The van der Waals surface area contributed by atoms with Crippen LogP contribution in [-0.4, -0.2) is 19.7 Å². The average Bonchev–Trinajstić information content (AvgIpc) is 3.39. The molecule has 0 bridgehead atoms. The molecule has 4 rings (SSSR count). The molecule has 4 aromatic rings. The Balaban J connectivity index is 1.44. The molecule has 31 heavy (non-hydrogen) atoms. The Labute approximate surface area is 191 Å². The van der Waals surface area contributed by atoms with Gasteiger partial charge in [-0.1, -0.05) is 47.7 Å². The molecule has 0 N–H and O–H groups in total. The smallest absolute Gasteiger partial charge is 0.191 e. The highest BCUT2D eigenvalue weighted by atomic mass is 32.2. The lowest BCUT2D eigenvalue weighted by Gasteiger charge is -2.15. The number of thioether (sulfide) groups is 1. The van der Waals surface area contributed by atoms with E-state index in [0.717, 1.165) is 39.7 Å². The standard InChI is InChI=1S/C24H26N4OS2/c1-5-28-22(18(4)29-21-11-7-9-17(3)13-21)26-27-24(28)31-15-20-14-30-23(25-20)19-10-6-8-16(2)12-19/h6-14,18H,5,15H2,1-4H3. The van der Waals surface area contributed by atoms with Gasteiger partial charge >= 0.3 is 0 Å². The van der Waals surface area contributed by atoms with Gasteiger partial charge in [-0.3, -0.25) is 0 Å². The van der Waals surface area contributed by atoms with Crippen LogP contribution in [0.15, 0.2) is 59.1 Å². The van der Waals surface area contributed by atoms with Crippen LogP contribution in [0.25, 0.3) is 10.6 Å². The summed E-state index contributed by atoms with van der Waals surface area (Å²) in [5, 5.41) is 12.9. The lowest BCUT2D eigenvalue weighted by atomic mass is 10.1. The van der Waals surface area contributed by atoms with E-state index in [2.05, 4.69) is 71.2 Å². The molecule has 5 nitrogen and oxygen atoms in total. The van der Waals surface area contributed by atoms with Crippen molar-refractivity contribution >= 4 is 23.1 Å². The zero-order valence-electron chi connectivity index (χ0n) is 18.2. The van der Waals surface area contributed by atoms with Gasteiger partial charge < -0.3 is 9.30 Å². The van der Waals surface area contributed by atoms with Crippen LogP contribution in [-0.2, 0) is 12.3 Å². The summed E-state index contributed by atoms with van der Waals surface area (Å²) in [4.78, 5) is 4.81. The van der Waals surface area contributed by atoms with E-state index in [1.54, 1.807) is 23.1 Å². The Bertz CT molecular complexity index is 1170. The van der Waals surface area contributed by atoms with Gasteiger partial charge in [0.25, 0.3) is 0 Å². The molecule has 7 heteroatoms. The molecule has 1 unspecified atom stereocenters. The third-order valence-electron chi connectivity index (χ3n) is 4.89. The molecule has 0 spiro atoms. The van der Waals surface area contributed by atoms with E-state index in [9.17, 15) is 0 Å². The van der Waals surface area contributed by atoms with Crippen molar-refractivity contribution < 1.29 is 4.74 Å². The second-order valence-electron chi connectivity index (χ2n) is 7.46. The quantitative estimate of drug-likeness (QED) is 0.288. The van der Waals surface area contributed by atoms with E-state index in [4.69, 9.17) is 9.72 Å². The first-order valence-corrected chi connectivity index (χ1v) is 12.2. The molecule has 0 aliphatic heterocycles. The lowest BCUT2D eigenvalue weighted by molar-refractivity contribution is 0.210. The molecule has 0 fully saturated rings. The fourth-order valence-electron chi connectivity index (χ4n) is 3.37. The largest absolute Gasteiger partial charge is 0.483 e. The summed E-state index contributed by atoms with van der Waals surface area (Å²) < 4.78 is 8.24. The van der Waals surface area contributed by atoms with Gasteiger partial charge in [0.2, 0.25) is 0 Å².